The fraction of sp³-hybridized carbons (Fsp3) is 0.519. The van der Waals surface area contributed by atoms with Crippen LogP contribution in [0.1, 0.15) is 80.3 Å². The van der Waals surface area contributed by atoms with Crippen molar-refractivity contribution in [3.8, 4) is 5.75 Å². The van der Waals surface area contributed by atoms with Crippen molar-refractivity contribution in [1.29, 1.82) is 0 Å². The summed E-state index contributed by atoms with van der Waals surface area (Å²) in [5.41, 5.74) is 2.80. The van der Waals surface area contributed by atoms with Crippen molar-refractivity contribution >= 4 is 15.7 Å². The van der Waals surface area contributed by atoms with E-state index in [-0.39, 0.29) is 23.5 Å². The molecule has 1 heterocycles. The summed E-state index contributed by atoms with van der Waals surface area (Å²) in [6.45, 7) is 7.54. The summed E-state index contributed by atoms with van der Waals surface area (Å²) in [6.07, 6.45) is 5.07. The zero-order valence-corrected chi connectivity index (χ0v) is 20.9. The molecular formula is C27H37NO4S. The van der Waals surface area contributed by atoms with Gasteiger partial charge in [-0.15, -0.1) is 0 Å². The Kier molecular flexibility index (Phi) is 8.95. The zero-order valence-electron chi connectivity index (χ0n) is 20.1. The number of sulfone groups is 1. The van der Waals surface area contributed by atoms with Gasteiger partial charge in [-0.05, 0) is 54.2 Å². The minimum atomic E-state index is -3.10. The molecule has 2 aromatic carbocycles. The first-order valence-corrected chi connectivity index (χ1v) is 13.9. The molecule has 0 bridgehead atoms. The molecule has 180 valence electrons. The van der Waals surface area contributed by atoms with E-state index < -0.39 is 9.84 Å². The Morgan fingerprint density at radius 1 is 1.03 bits per heavy atom. The molecule has 0 saturated carbocycles. The SMILES string of the molecule is CCCCCCOc1ccc(C(=O)N(Cc2ccc(C(C)C)cc2)[C@@H]2CCS(=O)(=O)C2)cc1. The fourth-order valence-corrected chi connectivity index (χ4v) is 5.90. The van der Waals surface area contributed by atoms with Crippen LogP contribution in [0.3, 0.4) is 0 Å². The Morgan fingerprint density at radius 3 is 2.30 bits per heavy atom. The van der Waals surface area contributed by atoms with E-state index in [1.807, 2.05) is 24.3 Å². The Labute approximate surface area is 199 Å². The van der Waals surface area contributed by atoms with E-state index in [2.05, 4.69) is 32.9 Å². The Balaban J connectivity index is 1.72. The van der Waals surface area contributed by atoms with Gasteiger partial charge in [-0.1, -0.05) is 64.3 Å². The van der Waals surface area contributed by atoms with Gasteiger partial charge >= 0.3 is 0 Å². The van der Waals surface area contributed by atoms with Gasteiger partial charge in [-0.2, -0.15) is 0 Å². The van der Waals surface area contributed by atoms with Gasteiger partial charge in [0.25, 0.3) is 5.91 Å². The van der Waals surface area contributed by atoms with Crippen LogP contribution in [0.25, 0.3) is 0 Å². The second kappa shape index (κ2) is 11.7. The molecule has 0 spiro atoms. The van der Waals surface area contributed by atoms with E-state index in [4.69, 9.17) is 4.74 Å². The van der Waals surface area contributed by atoms with Gasteiger partial charge < -0.3 is 9.64 Å². The van der Waals surface area contributed by atoms with E-state index >= 15 is 0 Å². The molecule has 1 fully saturated rings. The van der Waals surface area contributed by atoms with Gasteiger partial charge in [0.15, 0.2) is 9.84 Å². The number of rotatable bonds is 11. The molecule has 1 aliphatic heterocycles. The number of hydrogen-bond acceptors (Lipinski definition) is 4. The molecule has 33 heavy (non-hydrogen) atoms. The molecule has 6 heteroatoms. The molecular weight excluding hydrogens is 434 g/mol. The maximum atomic E-state index is 13.5. The van der Waals surface area contributed by atoms with Crippen LogP contribution in [0.15, 0.2) is 48.5 Å². The lowest BCUT2D eigenvalue weighted by molar-refractivity contribution is 0.0681. The summed E-state index contributed by atoms with van der Waals surface area (Å²) < 4.78 is 30.1. The van der Waals surface area contributed by atoms with Crippen LogP contribution in [0, 0.1) is 0 Å². The van der Waals surface area contributed by atoms with Gasteiger partial charge in [0.05, 0.1) is 18.1 Å². The first-order chi connectivity index (χ1) is 15.8. The molecule has 1 saturated heterocycles. The lowest BCUT2D eigenvalue weighted by atomic mass is 10.0. The largest absolute Gasteiger partial charge is 0.494 e. The molecule has 0 N–H and O–H groups in total. The van der Waals surface area contributed by atoms with Crippen molar-refractivity contribution in [2.45, 2.75) is 71.4 Å². The topological polar surface area (TPSA) is 63.7 Å². The van der Waals surface area contributed by atoms with Crippen molar-refractivity contribution in [1.82, 2.24) is 4.90 Å². The maximum absolute atomic E-state index is 13.5. The minimum Gasteiger partial charge on any atom is -0.494 e. The highest BCUT2D eigenvalue weighted by Crippen LogP contribution is 2.24. The summed E-state index contributed by atoms with van der Waals surface area (Å²) in [6, 6.07) is 15.2. The second-order valence-electron chi connectivity index (χ2n) is 9.32. The van der Waals surface area contributed by atoms with E-state index in [1.165, 1.54) is 18.4 Å². The van der Waals surface area contributed by atoms with Crippen molar-refractivity contribution in [2.75, 3.05) is 18.1 Å². The van der Waals surface area contributed by atoms with Crippen molar-refractivity contribution < 1.29 is 17.9 Å². The van der Waals surface area contributed by atoms with E-state index in [0.717, 1.165) is 24.2 Å². The van der Waals surface area contributed by atoms with Gasteiger partial charge in [-0.25, -0.2) is 8.42 Å². The van der Waals surface area contributed by atoms with Crippen LogP contribution in [0.5, 0.6) is 5.75 Å². The number of nitrogens with zero attached hydrogens (tertiary/aromatic N) is 1. The summed E-state index contributed by atoms with van der Waals surface area (Å²) in [7, 11) is -3.10. The molecule has 0 aliphatic carbocycles. The summed E-state index contributed by atoms with van der Waals surface area (Å²) in [5, 5.41) is 0. The third kappa shape index (κ3) is 7.32. The van der Waals surface area contributed by atoms with Gasteiger partial charge in [0, 0.05) is 18.2 Å². The molecule has 2 aromatic rings. The molecule has 5 nitrogen and oxygen atoms in total. The molecule has 3 rings (SSSR count). The number of carbonyl (C=O) groups is 1. The number of amides is 1. The van der Waals surface area contributed by atoms with Crippen LogP contribution in [0.2, 0.25) is 0 Å². The highest BCUT2D eigenvalue weighted by molar-refractivity contribution is 7.91. The van der Waals surface area contributed by atoms with E-state index in [9.17, 15) is 13.2 Å². The van der Waals surface area contributed by atoms with Crippen LogP contribution in [-0.4, -0.2) is 43.4 Å². The average molecular weight is 472 g/mol. The van der Waals surface area contributed by atoms with Gasteiger partial charge in [-0.3, -0.25) is 4.79 Å². The Morgan fingerprint density at radius 2 is 1.73 bits per heavy atom. The average Bonchev–Trinajstić information content (AvgIpc) is 3.17. The lowest BCUT2D eigenvalue weighted by Gasteiger charge is -2.29. The highest BCUT2D eigenvalue weighted by Gasteiger charge is 2.35. The van der Waals surface area contributed by atoms with Crippen LogP contribution >= 0.6 is 0 Å². The van der Waals surface area contributed by atoms with E-state index in [0.29, 0.717) is 31.1 Å². The number of hydrogen-bond donors (Lipinski definition) is 0. The lowest BCUT2D eigenvalue weighted by Crippen LogP contribution is -2.40. The Hall–Kier alpha value is -2.34. The van der Waals surface area contributed by atoms with Crippen molar-refractivity contribution in [2.24, 2.45) is 0 Å². The molecule has 0 aromatic heterocycles. The second-order valence-corrected chi connectivity index (χ2v) is 11.5. The van der Waals surface area contributed by atoms with Crippen LogP contribution in [0.4, 0.5) is 0 Å². The number of unbranched alkanes of at least 4 members (excludes halogenated alkanes) is 3. The monoisotopic (exact) mass is 471 g/mol. The van der Waals surface area contributed by atoms with Crippen LogP contribution in [-0.2, 0) is 16.4 Å². The summed E-state index contributed by atoms with van der Waals surface area (Å²) >= 11 is 0. The zero-order chi connectivity index (χ0) is 23.8. The standard InChI is InChI=1S/C27H37NO4S/c1-4-5-6-7-17-32-26-14-12-24(13-15-26)27(29)28(25-16-18-33(30,31)20-25)19-22-8-10-23(11-9-22)21(2)3/h8-15,21,25H,4-7,16-20H2,1-3H3/t25-/m1/s1. The minimum absolute atomic E-state index is 0.0295. The summed E-state index contributed by atoms with van der Waals surface area (Å²) in [4.78, 5) is 15.2. The Bertz CT molecular complexity index is 997. The summed E-state index contributed by atoms with van der Waals surface area (Å²) in [5.74, 6) is 1.21. The molecule has 1 amide bonds. The first-order valence-electron chi connectivity index (χ1n) is 12.1. The van der Waals surface area contributed by atoms with Gasteiger partial charge in [0.2, 0.25) is 0 Å². The quantitative estimate of drug-likeness (QED) is 0.400. The van der Waals surface area contributed by atoms with E-state index in [1.54, 1.807) is 17.0 Å². The third-order valence-electron chi connectivity index (χ3n) is 6.28. The maximum Gasteiger partial charge on any atom is 0.254 e. The van der Waals surface area contributed by atoms with Crippen molar-refractivity contribution in [3.63, 3.8) is 0 Å². The molecule has 0 radical (unpaired) electrons. The van der Waals surface area contributed by atoms with Crippen molar-refractivity contribution in [3.05, 3.63) is 65.2 Å². The molecule has 0 unspecified atom stereocenters. The van der Waals surface area contributed by atoms with Gasteiger partial charge in [0.1, 0.15) is 5.75 Å². The molecule has 1 aliphatic rings. The number of ether oxygens (including phenoxy) is 1. The fourth-order valence-electron chi connectivity index (χ4n) is 4.17. The smallest absolute Gasteiger partial charge is 0.254 e. The predicted molar refractivity (Wildman–Crippen MR) is 134 cm³/mol. The van der Waals surface area contributed by atoms with Crippen LogP contribution < -0.4 is 4.74 Å². The predicted octanol–water partition coefficient (Wildman–Crippen LogP) is 5.60. The number of carbonyl (C=O) groups excluding carboxylic acids is 1. The highest BCUT2D eigenvalue weighted by atomic mass is 32.2. The number of benzene rings is 2. The molecule has 1 atom stereocenters. The third-order valence-corrected chi connectivity index (χ3v) is 8.03. The first kappa shape index (κ1) is 25.3. The normalized spacial score (nSPS) is 17.3.